The topological polar surface area (TPSA) is 64.3 Å². The van der Waals surface area contributed by atoms with Gasteiger partial charge in [-0.25, -0.2) is 0 Å². The SMILES string of the molecule is N#C[C@@H]1[C@@H](c2ccccc2)[C@H](CO)N1C(=O)c1cc(Cl)cc(Cl)c1. The molecule has 24 heavy (non-hydrogen) atoms. The number of aliphatic hydroxyl groups is 1. The number of nitriles is 1. The lowest BCUT2D eigenvalue weighted by molar-refractivity contribution is -0.00585. The Morgan fingerprint density at radius 3 is 2.33 bits per heavy atom. The van der Waals surface area contributed by atoms with Crippen LogP contribution in [0.4, 0.5) is 0 Å². The van der Waals surface area contributed by atoms with Crippen LogP contribution in [0.15, 0.2) is 48.5 Å². The number of halogens is 2. The first kappa shape index (κ1) is 16.8. The molecule has 0 spiro atoms. The van der Waals surface area contributed by atoms with E-state index < -0.39 is 12.1 Å². The van der Waals surface area contributed by atoms with Gasteiger partial charge in [-0.1, -0.05) is 53.5 Å². The zero-order valence-electron chi connectivity index (χ0n) is 12.6. The molecule has 1 heterocycles. The van der Waals surface area contributed by atoms with Crippen molar-refractivity contribution in [3.63, 3.8) is 0 Å². The zero-order valence-corrected chi connectivity index (χ0v) is 14.1. The second-order valence-corrected chi connectivity index (χ2v) is 6.50. The smallest absolute Gasteiger partial charge is 0.255 e. The Labute approximate surface area is 149 Å². The maximum absolute atomic E-state index is 12.8. The molecule has 1 aliphatic rings. The van der Waals surface area contributed by atoms with Crippen LogP contribution in [-0.4, -0.2) is 34.6 Å². The van der Waals surface area contributed by atoms with Crippen LogP contribution in [0, 0.1) is 11.3 Å². The standard InChI is InChI=1S/C18H14Cl2N2O2/c19-13-6-12(7-14(20)8-13)18(24)22-15(9-21)17(16(22)10-23)11-4-2-1-3-5-11/h1-8,15-17,23H,10H2/t15-,16+,17-/m1/s1. The van der Waals surface area contributed by atoms with E-state index in [1.54, 1.807) is 0 Å². The van der Waals surface area contributed by atoms with Crippen LogP contribution < -0.4 is 0 Å². The number of carbonyl (C=O) groups is 1. The third kappa shape index (κ3) is 2.87. The van der Waals surface area contributed by atoms with Gasteiger partial charge in [0.15, 0.2) is 0 Å². The molecule has 0 unspecified atom stereocenters. The Morgan fingerprint density at radius 2 is 1.79 bits per heavy atom. The monoisotopic (exact) mass is 360 g/mol. The second-order valence-electron chi connectivity index (χ2n) is 5.63. The van der Waals surface area contributed by atoms with Crippen molar-refractivity contribution in [2.75, 3.05) is 6.61 Å². The molecule has 2 aromatic rings. The largest absolute Gasteiger partial charge is 0.394 e. The van der Waals surface area contributed by atoms with Crippen LogP contribution in [0.25, 0.3) is 0 Å². The summed E-state index contributed by atoms with van der Waals surface area (Å²) in [6.07, 6.45) is 0. The molecule has 3 atom stereocenters. The highest BCUT2D eigenvalue weighted by atomic mass is 35.5. The molecule has 1 saturated heterocycles. The molecule has 0 bridgehead atoms. The molecule has 1 fully saturated rings. The van der Waals surface area contributed by atoms with E-state index in [1.165, 1.54) is 23.1 Å². The summed E-state index contributed by atoms with van der Waals surface area (Å²) in [5.74, 6) is -0.586. The average Bonchev–Trinajstić information content (AvgIpc) is 2.54. The third-order valence-electron chi connectivity index (χ3n) is 4.26. The summed E-state index contributed by atoms with van der Waals surface area (Å²) < 4.78 is 0. The molecule has 4 nitrogen and oxygen atoms in total. The van der Waals surface area contributed by atoms with Crippen molar-refractivity contribution in [1.82, 2.24) is 4.90 Å². The van der Waals surface area contributed by atoms with E-state index in [4.69, 9.17) is 23.2 Å². The number of nitrogens with zero attached hydrogens (tertiary/aromatic N) is 2. The number of hydrogen-bond acceptors (Lipinski definition) is 3. The van der Waals surface area contributed by atoms with E-state index in [-0.39, 0.29) is 18.4 Å². The number of amides is 1. The van der Waals surface area contributed by atoms with Crippen molar-refractivity contribution in [2.24, 2.45) is 0 Å². The van der Waals surface area contributed by atoms with Gasteiger partial charge in [0.25, 0.3) is 5.91 Å². The van der Waals surface area contributed by atoms with Gasteiger partial charge in [0.05, 0.1) is 18.7 Å². The Kier molecular flexibility index (Phi) is 4.77. The number of likely N-dealkylation sites (tertiary alicyclic amines) is 1. The summed E-state index contributed by atoms with van der Waals surface area (Å²) >= 11 is 11.9. The number of carbonyl (C=O) groups excluding carboxylic acids is 1. The maximum atomic E-state index is 12.8. The molecule has 122 valence electrons. The second kappa shape index (κ2) is 6.82. The molecule has 0 saturated carbocycles. The Balaban J connectivity index is 1.93. The maximum Gasteiger partial charge on any atom is 0.255 e. The number of hydrogen-bond donors (Lipinski definition) is 1. The molecule has 1 aliphatic heterocycles. The summed E-state index contributed by atoms with van der Waals surface area (Å²) in [4.78, 5) is 14.2. The Bertz CT molecular complexity index is 784. The van der Waals surface area contributed by atoms with Gasteiger partial charge >= 0.3 is 0 Å². The van der Waals surface area contributed by atoms with Gasteiger partial charge in [0.1, 0.15) is 6.04 Å². The lowest BCUT2D eigenvalue weighted by Gasteiger charge is -2.51. The fourth-order valence-electron chi connectivity index (χ4n) is 3.19. The normalized spacial score (nSPS) is 22.6. The predicted octanol–water partition coefficient (Wildman–Crippen LogP) is 3.49. The molecule has 0 aromatic heterocycles. The van der Waals surface area contributed by atoms with Gasteiger partial charge in [-0.05, 0) is 23.8 Å². The van der Waals surface area contributed by atoms with Crippen molar-refractivity contribution in [2.45, 2.75) is 18.0 Å². The number of benzene rings is 2. The summed E-state index contributed by atoms with van der Waals surface area (Å²) in [6, 6.07) is 15.1. The molecule has 0 aliphatic carbocycles. The molecule has 6 heteroatoms. The van der Waals surface area contributed by atoms with Crippen LogP contribution in [0.3, 0.4) is 0 Å². The summed E-state index contributed by atoms with van der Waals surface area (Å²) in [5, 5.41) is 20.0. The van der Waals surface area contributed by atoms with Crippen LogP contribution in [-0.2, 0) is 0 Å². The van der Waals surface area contributed by atoms with Crippen LogP contribution in [0.1, 0.15) is 21.8 Å². The first-order valence-corrected chi connectivity index (χ1v) is 8.16. The van der Waals surface area contributed by atoms with Crippen LogP contribution >= 0.6 is 23.2 Å². The van der Waals surface area contributed by atoms with Crippen LogP contribution in [0.2, 0.25) is 10.0 Å². The minimum atomic E-state index is -0.644. The molecule has 0 radical (unpaired) electrons. The van der Waals surface area contributed by atoms with Crippen LogP contribution in [0.5, 0.6) is 0 Å². The predicted molar refractivity (Wildman–Crippen MR) is 92.1 cm³/mol. The number of aliphatic hydroxyl groups excluding tert-OH is 1. The summed E-state index contributed by atoms with van der Waals surface area (Å²) in [7, 11) is 0. The zero-order chi connectivity index (χ0) is 17.3. The highest BCUT2D eigenvalue weighted by Gasteiger charge is 2.51. The van der Waals surface area contributed by atoms with E-state index >= 15 is 0 Å². The van der Waals surface area contributed by atoms with E-state index in [9.17, 15) is 15.2 Å². The van der Waals surface area contributed by atoms with Gasteiger partial charge in [-0.2, -0.15) is 5.26 Å². The number of rotatable bonds is 3. The first-order valence-electron chi connectivity index (χ1n) is 7.41. The van der Waals surface area contributed by atoms with E-state index in [2.05, 4.69) is 6.07 Å². The molecule has 1 N–H and O–H groups in total. The quantitative estimate of drug-likeness (QED) is 0.910. The Morgan fingerprint density at radius 1 is 1.17 bits per heavy atom. The minimum Gasteiger partial charge on any atom is -0.394 e. The first-order chi connectivity index (χ1) is 11.6. The van der Waals surface area contributed by atoms with Gasteiger partial charge < -0.3 is 10.0 Å². The van der Waals surface area contributed by atoms with E-state index in [1.807, 2.05) is 30.3 Å². The Hall–Kier alpha value is -2.06. The lowest BCUT2D eigenvalue weighted by Crippen LogP contribution is -2.65. The van der Waals surface area contributed by atoms with Crippen molar-refractivity contribution in [3.8, 4) is 6.07 Å². The van der Waals surface area contributed by atoms with Crippen molar-refractivity contribution < 1.29 is 9.90 Å². The molecular formula is C18H14Cl2N2O2. The van der Waals surface area contributed by atoms with Crippen molar-refractivity contribution >= 4 is 29.1 Å². The lowest BCUT2D eigenvalue weighted by atomic mass is 9.75. The average molecular weight is 361 g/mol. The fourth-order valence-corrected chi connectivity index (χ4v) is 3.71. The molecule has 2 aromatic carbocycles. The van der Waals surface area contributed by atoms with Crippen molar-refractivity contribution in [3.05, 3.63) is 69.7 Å². The van der Waals surface area contributed by atoms with E-state index in [0.29, 0.717) is 15.6 Å². The molecule has 1 amide bonds. The van der Waals surface area contributed by atoms with Gasteiger partial charge in [-0.15, -0.1) is 0 Å². The minimum absolute atomic E-state index is 0.222. The van der Waals surface area contributed by atoms with E-state index in [0.717, 1.165) is 5.56 Å². The van der Waals surface area contributed by atoms with Gasteiger partial charge in [0, 0.05) is 21.5 Å². The van der Waals surface area contributed by atoms with Gasteiger partial charge in [-0.3, -0.25) is 4.79 Å². The third-order valence-corrected chi connectivity index (χ3v) is 4.70. The fraction of sp³-hybridized carbons (Fsp3) is 0.222. The molecular weight excluding hydrogens is 347 g/mol. The highest BCUT2D eigenvalue weighted by Crippen LogP contribution is 2.41. The van der Waals surface area contributed by atoms with Gasteiger partial charge in [0.2, 0.25) is 0 Å². The highest BCUT2D eigenvalue weighted by molar-refractivity contribution is 6.35. The molecule has 3 rings (SSSR count). The summed E-state index contributed by atoms with van der Waals surface area (Å²) in [5.41, 5.74) is 1.23. The summed E-state index contributed by atoms with van der Waals surface area (Å²) in [6.45, 7) is -0.224. The van der Waals surface area contributed by atoms with Crippen molar-refractivity contribution in [1.29, 1.82) is 5.26 Å².